The summed E-state index contributed by atoms with van der Waals surface area (Å²) in [6, 6.07) is 13.6. The molecule has 126 valence electrons. The normalized spacial score (nSPS) is 11.2. The van der Waals surface area contributed by atoms with E-state index in [9.17, 15) is 9.18 Å². The number of guanidine groups is 1. The Kier molecular flexibility index (Phi) is 6.31. The first-order valence-electron chi connectivity index (χ1n) is 7.66. The van der Waals surface area contributed by atoms with E-state index in [0.717, 1.165) is 17.5 Å². The number of carbonyl (C=O) groups is 1. The minimum atomic E-state index is -0.446. The lowest BCUT2D eigenvalue weighted by Gasteiger charge is -2.12. The molecule has 0 aromatic heterocycles. The van der Waals surface area contributed by atoms with Gasteiger partial charge in [0.15, 0.2) is 5.96 Å². The predicted octanol–water partition coefficient (Wildman–Crippen LogP) is 1.83. The molecule has 0 aliphatic rings. The fraction of sp³-hybridized carbons (Fsp3) is 0.222. The van der Waals surface area contributed by atoms with Gasteiger partial charge in [0, 0.05) is 25.7 Å². The Morgan fingerprint density at radius 1 is 1.12 bits per heavy atom. The van der Waals surface area contributed by atoms with Crippen molar-refractivity contribution in [3.8, 4) is 0 Å². The van der Waals surface area contributed by atoms with E-state index in [1.807, 2.05) is 6.07 Å². The Bertz CT molecular complexity index is 713. The van der Waals surface area contributed by atoms with E-state index < -0.39 is 5.91 Å². The van der Waals surface area contributed by atoms with Gasteiger partial charge in [-0.2, -0.15) is 0 Å². The number of hydrogen-bond donors (Lipinski definition) is 3. The first-order chi connectivity index (χ1) is 11.6. The topological polar surface area (TPSA) is 79.5 Å². The molecule has 0 fully saturated rings. The zero-order valence-electron chi connectivity index (χ0n) is 13.6. The minimum absolute atomic E-state index is 0.234. The standard InChI is InChI=1S/C18H21FN4O/c1-21-18(22-10-9-13-5-7-16(19)8-6-13)23-12-14-3-2-4-15(11-14)17(20)24/h2-8,11H,9-10,12H2,1H3,(H2,20,24)(H2,21,22,23). The predicted molar refractivity (Wildman–Crippen MR) is 93.3 cm³/mol. The third-order valence-electron chi connectivity index (χ3n) is 3.51. The zero-order chi connectivity index (χ0) is 17.4. The van der Waals surface area contributed by atoms with Gasteiger partial charge in [0.1, 0.15) is 5.82 Å². The molecule has 6 heteroatoms. The number of nitrogens with two attached hydrogens (primary N) is 1. The molecule has 1 amide bonds. The van der Waals surface area contributed by atoms with Crippen molar-refractivity contribution in [1.82, 2.24) is 10.6 Å². The van der Waals surface area contributed by atoms with Gasteiger partial charge in [0.05, 0.1) is 0 Å². The maximum Gasteiger partial charge on any atom is 0.248 e. The van der Waals surface area contributed by atoms with Gasteiger partial charge in [0.2, 0.25) is 5.91 Å². The quantitative estimate of drug-likeness (QED) is 0.559. The summed E-state index contributed by atoms with van der Waals surface area (Å²) in [4.78, 5) is 15.3. The van der Waals surface area contributed by atoms with Crippen LogP contribution in [0.15, 0.2) is 53.5 Å². The molecule has 2 aromatic carbocycles. The highest BCUT2D eigenvalue weighted by Crippen LogP contribution is 2.05. The van der Waals surface area contributed by atoms with Gasteiger partial charge in [-0.3, -0.25) is 9.79 Å². The van der Waals surface area contributed by atoms with Crippen molar-refractivity contribution in [2.75, 3.05) is 13.6 Å². The maximum atomic E-state index is 12.9. The number of amides is 1. The average molecular weight is 328 g/mol. The van der Waals surface area contributed by atoms with Crippen LogP contribution in [0, 0.1) is 5.82 Å². The number of benzene rings is 2. The molecular weight excluding hydrogens is 307 g/mol. The number of nitrogens with zero attached hydrogens (tertiary/aromatic N) is 1. The van der Waals surface area contributed by atoms with Crippen LogP contribution in [0.4, 0.5) is 4.39 Å². The molecule has 24 heavy (non-hydrogen) atoms. The second-order valence-corrected chi connectivity index (χ2v) is 5.29. The van der Waals surface area contributed by atoms with Gasteiger partial charge < -0.3 is 16.4 Å². The lowest BCUT2D eigenvalue weighted by molar-refractivity contribution is 0.1000. The first-order valence-corrected chi connectivity index (χ1v) is 7.66. The summed E-state index contributed by atoms with van der Waals surface area (Å²) < 4.78 is 12.9. The van der Waals surface area contributed by atoms with Crippen LogP contribution in [-0.4, -0.2) is 25.5 Å². The average Bonchev–Trinajstić information content (AvgIpc) is 2.59. The summed E-state index contributed by atoms with van der Waals surface area (Å²) in [5, 5.41) is 6.37. The van der Waals surface area contributed by atoms with Crippen LogP contribution >= 0.6 is 0 Å². The summed E-state index contributed by atoms with van der Waals surface area (Å²) in [6.07, 6.45) is 0.762. The van der Waals surface area contributed by atoms with Crippen molar-refractivity contribution in [3.63, 3.8) is 0 Å². The van der Waals surface area contributed by atoms with Crippen LogP contribution in [0.5, 0.6) is 0 Å². The molecule has 0 heterocycles. The van der Waals surface area contributed by atoms with Crippen molar-refractivity contribution in [2.45, 2.75) is 13.0 Å². The van der Waals surface area contributed by atoms with E-state index in [2.05, 4.69) is 15.6 Å². The molecule has 0 radical (unpaired) electrons. The number of aliphatic imine (C=N–C) groups is 1. The summed E-state index contributed by atoms with van der Waals surface area (Å²) in [5.74, 6) is -0.0254. The van der Waals surface area contributed by atoms with Crippen LogP contribution in [0.3, 0.4) is 0 Å². The van der Waals surface area contributed by atoms with Gasteiger partial charge in [-0.15, -0.1) is 0 Å². The fourth-order valence-corrected chi connectivity index (χ4v) is 2.22. The van der Waals surface area contributed by atoms with E-state index in [0.29, 0.717) is 24.6 Å². The Morgan fingerprint density at radius 2 is 1.88 bits per heavy atom. The highest BCUT2D eigenvalue weighted by molar-refractivity contribution is 5.92. The van der Waals surface area contributed by atoms with Crippen LogP contribution < -0.4 is 16.4 Å². The lowest BCUT2D eigenvalue weighted by Crippen LogP contribution is -2.37. The van der Waals surface area contributed by atoms with Crippen molar-refractivity contribution < 1.29 is 9.18 Å². The number of carbonyl (C=O) groups excluding carboxylic acids is 1. The SMILES string of the molecule is CN=C(NCCc1ccc(F)cc1)NCc1cccc(C(N)=O)c1. The van der Waals surface area contributed by atoms with Gasteiger partial charge >= 0.3 is 0 Å². The molecule has 4 N–H and O–H groups in total. The third kappa shape index (κ3) is 5.39. The van der Waals surface area contributed by atoms with Crippen LogP contribution in [-0.2, 0) is 13.0 Å². The number of hydrogen-bond acceptors (Lipinski definition) is 2. The zero-order valence-corrected chi connectivity index (χ0v) is 13.6. The van der Waals surface area contributed by atoms with Gasteiger partial charge in [-0.05, 0) is 41.8 Å². The van der Waals surface area contributed by atoms with E-state index in [4.69, 9.17) is 5.73 Å². The van der Waals surface area contributed by atoms with Crippen LogP contribution in [0.1, 0.15) is 21.5 Å². The van der Waals surface area contributed by atoms with Crippen LogP contribution in [0.25, 0.3) is 0 Å². The molecule has 2 aromatic rings. The molecule has 2 rings (SSSR count). The maximum absolute atomic E-state index is 12.9. The van der Waals surface area contributed by atoms with E-state index >= 15 is 0 Å². The van der Waals surface area contributed by atoms with Crippen LogP contribution in [0.2, 0.25) is 0 Å². The van der Waals surface area contributed by atoms with E-state index in [1.165, 1.54) is 12.1 Å². The van der Waals surface area contributed by atoms with E-state index in [-0.39, 0.29) is 5.82 Å². The molecule has 0 aliphatic carbocycles. The number of halogens is 1. The monoisotopic (exact) mass is 328 g/mol. The van der Waals surface area contributed by atoms with E-state index in [1.54, 1.807) is 37.4 Å². The summed E-state index contributed by atoms with van der Waals surface area (Å²) in [7, 11) is 1.69. The molecule has 0 aliphatic heterocycles. The third-order valence-corrected chi connectivity index (χ3v) is 3.51. The Labute approximate surface area is 140 Å². The molecule has 5 nitrogen and oxygen atoms in total. The van der Waals surface area contributed by atoms with Crippen molar-refractivity contribution >= 4 is 11.9 Å². The Balaban J connectivity index is 1.81. The number of primary amides is 1. The van der Waals surface area contributed by atoms with Gasteiger partial charge in [-0.25, -0.2) is 4.39 Å². The van der Waals surface area contributed by atoms with Crippen molar-refractivity contribution in [2.24, 2.45) is 10.7 Å². The lowest BCUT2D eigenvalue weighted by atomic mass is 10.1. The van der Waals surface area contributed by atoms with Gasteiger partial charge in [0.25, 0.3) is 0 Å². The fourth-order valence-electron chi connectivity index (χ4n) is 2.22. The molecule has 0 saturated heterocycles. The second-order valence-electron chi connectivity index (χ2n) is 5.29. The molecule has 0 bridgehead atoms. The number of nitrogens with one attached hydrogen (secondary N) is 2. The Hall–Kier alpha value is -2.89. The molecule has 0 unspecified atom stereocenters. The summed E-state index contributed by atoms with van der Waals surface area (Å²) in [5.41, 5.74) is 7.74. The highest BCUT2D eigenvalue weighted by atomic mass is 19.1. The number of rotatable bonds is 6. The second kappa shape index (κ2) is 8.67. The summed E-state index contributed by atoms with van der Waals surface area (Å²) >= 11 is 0. The molecule has 0 saturated carbocycles. The molecule has 0 atom stereocenters. The van der Waals surface area contributed by atoms with Gasteiger partial charge in [-0.1, -0.05) is 24.3 Å². The van der Waals surface area contributed by atoms with Crippen molar-refractivity contribution in [1.29, 1.82) is 0 Å². The van der Waals surface area contributed by atoms with Crippen molar-refractivity contribution in [3.05, 3.63) is 71.0 Å². The molecular formula is C18H21FN4O. The Morgan fingerprint density at radius 3 is 2.54 bits per heavy atom. The molecule has 0 spiro atoms. The largest absolute Gasteiger partial charge is 0.366 e. The smallest absolute Gasteiger partial charge is 0.248 e. The highest BCUT2D eigenvalue weighted by Gasteiger charge is 2.03. The minimum Gasteiger partial charge on any atom is -0.366 e. The summed E-state index contributed by atoms with van der Waals surface area (Å²) in [6.45, 7) is 1.20. The first kappa shape index (κ1) is 17.5.